The first-order valence-corrected chi connectivity index (χ1v) is 8.79. The summed E-state index contributed by atoms with van der Waals surface area (Å²) in [6.45, 7) is 14.8. The maximum absolute atomic E-state index is 4.81. The highest BCUT2D eigenvalue weighted by Gasteiger charge is 2.29. The maximum Gasteiger partial charge on any atom is 0.191 e. The number of nitrogens with zero attached hydrogens (tertiary/aromatic N) is 2. The van der Waals surface area contributed by atoms with Crippen LogP contribution >= 0.6 is 24.0 Å². The van der Waals surface area contributed by atoms with Crippen LogP contribution in [-0.2, 0) is 13.0 Å². The predicted molar refractivity (Wildman–Crippen MR) is 114 cm³/mol. The number of benzene rings is 1. The average molecular weight is 444 g/mol. The van der Waals surface area contributed by atoms with Crippen LogP contribution in [0.15, 0.2) is 29.3 Å². The molecule has 2 N–H and O–H groups in total. The molecule has 1 aromatic carbocycles. The summed E-state index contributed by atoms with van der Waals surface area (Å²) in [5.74, 6) is 0.910. The summed E-state index contributed by atoms with van der Waals surface area (Å²) < 4.78 is 0. The van der Waals surface area contributed by atoms with Gasteiger partial charge in [-0.2, -0.15) is 0 Å². The molecule has 0 saturated heterocycles. The van der Waals surface area contributed by atoms with Crippen LogP contribution in [0, 0.1) is 0 Å². The van der Waals surface area contributed by atoms with E-state index in [0.29, 0.717) is 6.04 Å². The molecular formula is C19H33IN4. The van der Waals surface area contributed by atoms with Crippen molar-refractivity contribution in [2.45, 2.75) is 59.2 Å². The Labute approximate surface area is 164 Å². The van der Waals surface area contributed by atoms with Crippen LogP contribution in [0.1, 0.15) is 45.7 Å². The van der Waals surface area contributed by atoms with Crippen molar-refractivity contribution >= 4 is 29.9 Å². The highest BCUT2D eigenvalue weighted by Crippen LogP contribution is 2.25. The van der Waals surface area contributed by atoms with Crippen LogP contribution in [0.4, 0.5) is 0 Å². The molecule has 2 rings (SSSR count). The second kappa shape index (κ2) is 9.61. The van der Waals surface area contributed by atoms with Crippen LogP contribution < -0.4 is 10.6 Å². The molecular weight excluding hydrogens is 411 g/mol. The topological polar surface area (TPSA) is 39.7 Å². The van der Waals surface area contributed by atoms with E-state index in [0.717, 1.165) is 38.6 Å². The monoisotopic (exact) mass is 444 g/mol. The lowest BCUT2D eigenvalue weighted by Gasteiger charge is -2.40. The number of aliphatic imine (C=N–C) groups is 1. The summed E-state index contributed by atoms with van der Waals surface area (Å²) in [4.78, 5) is 7.36. The lowest BCUT2D eigenvalue weighted by atomic mass is 9.94. The third kappa shape index (κ3) is 5.92. The Bertz CT molecular complexity index is 540. The molecule has 4 nitrogen and oxygen atoms in total. The number of halogens is 1. The smallest absolute Gasteiger partial charge is 0.191 e. The Kier molecular flexibility index (Phi) is 8.50. The van der Waals surface area contributed by atoms with Crippen LogP contribution in [0.25, 0.3) is 0 Å². The second-order valence-electron chi connectivity index (χ2n) is 7.25. The van der Waals surface area contributed by atoms with Crippen molar-refractivity contribution in [1.82, 2.24) is 15.5 Å². The molecule has 0 unspecified atom stereocenters. The van der Waals surface area contributed by atoms with Gasteiger partial charge in [0.05, 0.1) is 6.54 Å². The molecule has 1 heterocycles. The fourth-order valence-electron chi connectivity index (χ4n) is 2.98. The molecule has 1 aromatic rings. The van der Waals surface area contributed by atoms with Gasteiger partial charge >= 0.3 is 0 Å². The van der Waals surface area contributed by atoms with Gasteiger partial charge in [0.25, 0.3) is 0 Å². The molecule has 0 bridgehead atoms. The minimum atomic E-state index is 0. The Hall–Kier alpha value is -0.820. The van der Waals surface area contributed by atoms with Gasteiger partial charge in [-0.3, -0.25) is 9.89 Å². The molecule has 0 radical (unpaired) electrons. The largest absolute Gasteiger partial charge is 0.357 e. The normalized spacial score (nSPS) is 15.7. The molecule has 0 saturated carbocycles. The summed E-state index contributed by atoms with van der Waals surface area (Å²) in [7, 11) is 0. The van der Waals surface area contributed by atoms with Crippen molar-refractivity contribution in [1.29, 1.82) is 0 Å². The van der Waals surface area contributed by atoms with Gasteiger partial charge in [-0.1, -0.05) is 24.3 Å². The van der Waals surface area contributed by atoms with E-state index in [-0.39, 0.29) is 29.5 Å². The van der Waals surface area contributed by atoms with E-state index in [1.165, 1.54) is 11.1 Å². The second-order valence-corrected chi connectivity index (χ2v) is 7.25. The Balaban J connectivity index is 0.00000288. The first-order valence-electron chi connectivity index (χ1n) is 8.79. The SMILES string of the molecule is CCNC(=NCC(C)(C)N1CCc2ccccc2C1)NC(C)C.I. The quantitative estimate of drug-likeness (QED) is 0.416. The standard InChI is InChI=1S/C19H32N4.HI/c1-6-20-18(22-15(2)3)21-14-19(4,5)23-12-11-16-9-7-8-10-17(16)13-23;/h7-10,15H,6,11-14H2,1-5H3,(H2,20,21,22);1H. The summed E-state index contributed by atoms with van der Waals surface area (Å²) in [5.41, 5.74) is 3.01. The van der Waals surface area contributed by atoms with Gasteiger partial charge in [-0.05, 0) is 52.2 Å². The van der Waals surface area contributed by atoms with E-state index >= 15 is 0 Å². The first-order chi connectivity index (χ1) is 10.9. The minimum absolute atomic E-state index is 0. The van der Waals surface area contributed by atoms with Gasteiger partial charge in [-0.15, -0.1) is 24.0 Å². The molecule has 0 aliphatic carbocycles. The zero-order valence-corrected chi connectivity index (χ0v) is 18.1. The third-order valence-electron chi connectivity index (χ3n) is 4.38. The van der Waals surface area contributed by atoms with Crippen LogP contribution in [0.5, 0.6) is 0 Å². The summed E-state index contributed by atoms with van der Waals surface area (Å²) >= 11 is 0. The molecule has 0 aromatic heterocycles. The third-order valence-corrected chi connectivity index (χ3v) is 4.38. The van der Waals surface area contributed by atoms with Gasteiger partial charge in [0.15, 0.2) is 5.96 Å². The van der Waals surface area contributed by atoms with E-state index in [1.54, 1.807) is 0 Å². The molecule has 24 heavy (non-hydrogen) atoms. The van der Waals surface area contributed by atoms with Crippen molar-refractivity contribution in [2.24, 2.45) is 4.99 Å². The number of rotatable bonds is 5. The van der Waals surface area contributed by atoms with E-state index < -0.39 is 0 Å². The number of nitrogens with one attached hydrogen (secondary N) is 2. The summed E-state index contributed by atoms with van der Waals surface area (Å²) in [6, 6.07) is 9.18. The van der Waals surface area contributed by atoms with Gasteiger partial charge in [0.1, 0.15) is 0 Å². The van der Waals surface area contributed by atoms with Gasteiger partial charge in [0, 0.05) is 31.2 Å². The number of guanidine groups is 1. The van der Waals surface area contributed by atoms with E-state index in [9.17, 15) is 0 Å². The maximum atomic E-state index is 4.81. The predicted octanol–water partition coefficient (Wildman–Crippen LogP) is 3.40. The van der Waals surface area contributed by atoms with Gasteiger partial charge < -0.3 is 10.6 Å². The van der Waals surface area contributed by atoms with Crippen molar-refractivity contribution < 1.29 is 0 Å². The summed E-state index contributed by atoms with van der Waals surface area (Å²) in [6.07, 6.45) is 1.13. The van der Waals surface area contributed by atoms with E-state index in [2.05, 4.69) is 74.4 Å². The zero-order chi connectivity index (χ0) is 16.9. The first kappa shape index (κ1) is 21.2. The average Bonchev–Trinajstić information content (AvgIpc) is 2.52. The van der Waals surface area contributed by atoms with Crippen molar-refractivity contribution in [3.63, 3.8) is 0 Å². The Morgan fingerprint density at radius 3 is 2.54 bits per heavy atom. The summed E-state index contributed by atoms with van der Waals surface area (Å²) in [5, 5.41) is 6.72. The molecule has 0 spiro atoms. The fourth-order valence-corrected chi connectivity index (χ4v) is 2.98. The molecule has 0 fully saturated rings. The Morgan fingerprint density at radius 2 is 1.92 bits per heavy atom. The number of hydrogen-bond acceptors (Lipinski definition) is 2. The minimum Gasteiger partial charge on any atom is -0.357 e. The molecule has 136 valence electrons. The highest BCUT2D eigenvalue weighted by molar-refractivity contribution is 14.0. The van der Waals surface area contributed by atoms with E-state index in [1.807, 2.05) is 0 Å². The molecule has 1 aliphatic rings. The molecule has 5 heteroatoms. The molecule has 0 amide bonds. The van der Waals surface area contributed by atoms with Crippen molar-refractivity contribution in [3.05, 3.63) is 35.4 Å². The van der Waals surface area contributed by atoms with E-state index in [4.69, 9.17) is 4.99 Å². The lowest BCUT2D eigenvalue weighted by Crippen LogP contribution is -2.49. The zero-order valence-electron chi connectivity index (χ0n) is 15.7. The highest BCUT2D eigenvalue weighted by atomic mass is 127. The van der Waals surface area contributed by atoms with Crippen LogP contribution in [-0.4, -0.2) is 42.1 Å². The molecule has 0 atom stereocenters. The van der Waals surface area contributed by atoms with Gasteiger partial charge in [0.2, 0.25) is 0 Å². The fraction of sp³-hybridized carbons (Fsp3) is 0.632. The number of fused-ring (bicyclic) bond motifs is 1. The molecule has 1 aliphatic heterocycles. The van der Waals surface area contributed by atoms with Crippen molar-refractivity contribution in [3.8, 4) is 0 Å². The number of hydrogen-bond donors (Lipinski definition) is 2. The van der Waals surface area contributed by atoms with Crippen LogP contribution in [0.3, 0.4) is 0 Å². The van der Waals surface area contributed by atoms with Crippen LogP contribution in [0.2, 0.25) is 0 Å². The lowest BCUT2D eigenvalue weighted by molar-refractivity contribution is 0.111. The Morgan fingerprint density at radius 1 is 1.25 bits per heavy atom. The van der Waals surface area contributed by atoms with Crippen molar-refractivity contribution in [2.75, 3.05) is 19.6 Å². The van der Waals surface area contributed by atoms with Gasteiger partial charge in [-0.25, -0.2) is 0 Å².